The molecule has 2 atom stereocenters. The van der Waals surface area contributed by atoms with Crippen molar-refractivity contribution in [2.45, 2.75) is 32.5 Å². The van der Waals surface area contributed by atoms with Gasteiger partial charge < -0.3 is 14.4 Å². The molecule has 1 aliphatic rings. The highest BCUT2D eigenvalue weighted by molar-refractivity contribution is 6.36. The largest absolute Gasteiger partial charge is 0.455 e. The molecule has 0 bridgehead atoms. The summed E-state index contributed by atoms with van der Waals surface area (Å²) >= 11 is 12.0. The molecule has 1 aliphatic heterocycles. The molecule has 0 aliphatic carbocycles. The average Bonchev–Trinajstić information content (AvgIpc) is 2.47. The van der Waals surface area contributed by atoms with Crippen molar-refractivity contribution in [2.75, 3.05) is 19.7 Å². The number of halogens is 2. The molecule has 1 fully saturated rings. The maximum absolute atomic E-state index is 12.1. The van der Waals surface area contributed by atoms with Crippen LogP contribution in [-0.2, 0) is 25.5 Å². The first-order chi connectivity index (χ1) is 10.9. The fourth-order valence-corrected chi connectivity index (χ4v) is 3.04. The Balaban J connectivity index is 1.85. The van der Waals surface area contributed by atoms with Crippen LogP contribution in [0.3, 0.4) is 0 Å². The first-order valence-electron chi connectivity index (χ1n) is 7.38. The third-order valence-electron chi connectivity index (χ3n) is 3.51. The molecule has 2 rings (SSSR count). The van der Waals surface area contributed by atoms with E-state index in [1.807, 2.05) is 13.8 Å². The summed E-state index contributed by atoms with van der Waals surface area (Å²) in [6, 6.07) is 5.00. The molecule has 0 spiro atoms. The van der Waals surface area contributed by atoms with E-state index in [1.165, 1.54) is 0 Å². The van der Waals surface area contributed by atoms with Gasteiger partial charge in [-0.1, -0.05) is 29.3 Å². The van der Waals surface area contributed by atoms with E-state index < -0.39 is 5.97 Å². The highest BCUT2D eigenvalue weighted by Gasteiger charge is 2.26. The quantitative estimate of drug-likeness (QED) is 0.775. The van der Waals surface area contributed by atoms with Gasteiger partial charge in [0.2, 0.25) is 0 Å². The van der Waals surface area contributed by atoms with Gasteiger partial charge >= 0.3 is 5.97 Å². The zero-order valence-corrected chi connectivity index (χ0v) is 14.6. The third kappa shape index (κ3) is 5.09. The lowest BCUT2D eigenvalue weighted by molar-refractivity contribution is -0.156. The predicted molar refractivity (Wildman–Crippen MR) is 87.7 cm³/mol. The van der Waals surface area contributed by atoms with Crippen molar-refractivity contribution in [2.24, 2.45) is 0 Å². The first-order valence-corrected chi connectivity index (χ1v) is 8.14. The van der Waals surface area contributed by atoms with E-state index in [0.29, 0.717) is 28.7 Å². The van der Waals surface area contributed by atoms with E-state index in [9.17, 15) is 9.59 Å². The van der Waals surface area contributed by atoms with Crippen LogP contribution in [0.25, 0.3) is 0 Å². The Bertz CT molecular complexity index is 563. The minimum atomic E-state index is -0.539. The summed E-state index contributed by atoms with van der Waals surface area (Å²) in [7, 11) is 0. The second-order valence-corrected chi connectivity index (χ2v) is 6.41. The van der Waals surface area contributed by atoms with Crippen molar-refractivity contribution in [3.05, 3.63) is 33.8 Å². The maximum Gasteiger partial charge on any atom is 0.310 e. The predicted octanol–water partition coefficient (Wildman–Crippen LogP) is 2.71. The minimum Gasteiger partial charge on any atom is -0.455 e. The second-order valence-electron chi connectivity index (χ2n) is 5.59. The third-order valence-corrected chi connectivity index (χ3v) is 4.22. The van der Waals surface area contributed by atoms with Gasteiger partial charge in [-0.3, -0.25) is 9.59 Å². The van der Waals surface area contributed by atoms with Gasteiger partial charge in [-0.2, -0.15) is 0 Å². The first kappa shape index (κ1) is 18.0. The number of carbonyl (C=O) groups is 2. The fourth-order valence-electron chi connectivity index (χ4n) is 2.51. The van der Waals surface area contributed by atoms with E-state index in [2.05, 4.69) is 0 Å². The zero-order chi connectivity index (χ0) is 17.0. The number of amides is 1. The lowest BCUT2D eigenvalue weighted by Crippen LogP contribution is -2.49. The second kappa shape index (κ2) is 7.99. The van der Waals surface area contributed by atoms with Gasteiger partial charge in [0, 0.05) is 28.7 Å². The number of rotatable bonds is 4. The van der Waals surface area contributed by atoms with Gasteiger partial charge in [0.25, 0.3) is 5.91 Å². The Morgan fingerprint density at radius 1 is 1.22 bits per heavy atom. The van der Waals surface area contributed by atoms with Crippen LogP contribution in [0.4, 0.5) is 0 Å². The van der Waals surface area contributed by atoms with Gasteiger partial charge in [0.15, 0.2) is 6.61 Å². The molecule has 0 unspecified atom stereocenters. The smallest absolute Gasteiger partial charge is 0.310 e. The van der Waals surface area contributed by atoms with Gasteiger partial charge in [0.1, 0.15) is 0 Å². The molecule has 1 aromatic carbocycles. The van der Waals surface area contributed by atoms with Crippen molar-refractivity contribution in [1.29, 1.82) is 0 Å². The zero-order valence-electron chi connectivity index (χ0n) is 13.1. The van der Waals surface area contributed by atoms with Gasteiger partial charge in [-0.25, -0.2) is 0 Å². The van der Waals surface area contributed by atoms with Crippen LogP contribution >= 0.6 is 23.2 Å². The molecule has 1 saturated heterocycles. The summed E-state index contributed by atoms with van der Waals surface area (Å²) < 4.78 is 10.6. The molecular weight excluding hydrogens is 341 g/mol. The van der Waals surface area contributed by atoms with Gasteiger partial charge in [-0.05, 0) is 26.0 Å². The number of hydrogen-bond acceptors (Lipinski definition) is 4. The molecule has 126 valence electrons. The molecule has 1 amide bonds. The van der Waals surface area contributed by atoms with E-state index in [-0.39, 0.29) is 31.1 Å². The van der Waals surface area contributed by atoms with Crippen molar-refractivity contribution in [3.63, 3.8) is 0 Å². The van der Waals surface area contributed by atoms with Crippen LogP contribution in [0.2, 0.25) is 10.0 Å². The summed E-state index contributed by atoms with van der Waals surface area (Å²) in [4.78, 5) is 25.7. The van der Waals surface area contributed by atoms with E-state index >= 15 is 0 Å². The summed E-state index contributed by atoms with van der Waals surface area (Å²) in [6.45, 7) is 4.51. The van der Waals surface area contributed by atoms with Crippen LogP contribution in [0, 0.1) is 0 Å². The number of nitrogens with zero attached hydrogens (tertiary/aromatic N) is 1. The molecule has 0 saturated carbocycles. The normalized spacial score (nSPS) is 21.1. The number of ether oxygens (including phenoxy) is 2. The lowest BCUT2D eigenvalue weighted by atomic mass is 10.1. The van der Waals surface area contributed by atoms with Crippen molar-refractivity contribution >= 4 is 35.1 Å². The van der Waals surface area contributed by atoms with Crippen LogP contribution in [0.1, 0.15) is 19.4 Å². The Morgan fingerprint density at radius 3 is 2.35 bits per heavy atom. The number of hydrogen-bond donors (Lipinski definition) is 0. The average molecular weight is 360 g/mol. The van der Waals surface area contributed by atoms with E-state index in [4.69, 9.17) is 32.7 Å². The molecule has 0 N–H and O–H groups in total. The Morgan fingerprint density at radius 2 is 1.78 bits per heavy atom. The molecule has 5 nitrogen and oxygen atoms in total. The maximum atomic E-state index is 12.1. The summed E-state index contributed by atoms with van der Waals surface area (Å²) in [5, 5.41) is 0.799. The molecule has 23 heavy (non-hydrogen) atoms. The Labute approximate surface area is 145 Å². The van der Waals surface area contributed by atoms with Crippen molar-refractivity contribution in [1.82, 2.24) is 4.90 Å². The van der Waals surface area contributed by atoms with E-state index in [1.54, 1.807) is 23.1 Å². The minimum absolute atomic E-state index is 0.0275. The monoisotopic (exact) mass is 359 g/mol. The number of benzene rings is 1. The SMILES string of the molecule is C[C@@H]1CN(C(=O)COC(=O)Cc2c(Cl)cccc2Cl)C[C@H](C)O1. The fraction of sp³-hybridized carbons (Fsp3) is 0.500. The topological polar surface area (TPSA) is 55.8 Å². The van der Waals surface area contributed by atoms with Crippen LogP contribution in [0.5, 0.6) is 0 Å². The van der Waals surface area contributed by atoms with Gasteiger partial charge in [0.05, 0.1) is 18.6 Å². The molecule has 7 heteroatoms. The highest BCUT2D eigenvalue weighted by atomic mass is 35.5. The molecule has 0 radical (unpaired) electrons. The molecule has 1 aromatic rings. The Hall–Kier alpha value is -1.30. The number of morpholine rings is 1. The van der Waals surface area contributed by atoms with Crippen LogP contribution in [-0.4, -0.2) is 48.7 Å². The molecule has 0 aromatic heterocycles. The van der Waals surface area contributed by atoms with Crippen molar-refractivity contribution in [3.8, 4) is 0 Å². The molecular formula is C16H19Cl2NO4. The standard InChI is InChI=1S/C16H19Cl2NO4/c1-10-7-19(8-11(2)23-10)15(20)9-22-16(21)6-12-13(17)4-3-5-14(12)18/h3-5,10-11H,6-9H2,1-2H3/t10-,11+. The van der Waals surface area contributed by atoms with Gasteiger partial charge in [-0.15, -0.1) is 0 Å². The molecule has 1 heterocycles. The van der Waals surface area contributed by atoms with Crippen LogP contribution in [0.15, 0.2) is 18.2 Å². The summed E-state index contributed by atoms with van der Waals surface area (Å²) in [6.07, 6.45) is -0.123. The van der Waals surface area contributed by atoms with Crippen molar-refractivity contribution < 1.29 is 19.1 Å². The number of carbonyl (C=O) groups excluding carboxylic acids is 2. The Kier molecular flexibility index (Phi) is 6.27. The number of esters is 1. The summed E-state index contributed by atoms with van der Waals surface area (Å²) in [5.74, 6) is -0.770. The lowest BCUT2D eigenvalue weighted by Gasteiger charge is -2.35. The van der Waals surface area contributed by atoms with E-state index in [0.717, 1.165) is 0 Å². The summed E-state index contributed by atoms with van der Waals surface area (Å²) in [5.41, 5.74) is 0.502. The highest BCUT2D eigenvalue weighted by Crippen LogP contribution is 2.24. The van der Waals surface area contributed by atoms with Crippen LogP contribution < -0.4 is 0 Å².